The molecular weight excluding hydrogens is 312 g/mol. The van der Waals surface area contributed by atoms with E-state index in [0.29, 0.717) is 12.8 Å². The van der Waals surface area contributed by atoms with E-state index in [1.807, 2.05) is 19.1 Å². The Balaban J connectivity index is 2.07. The fraction of sp³-hybridized carbons (Fsp3) is 0.857. The molecule has 0 radical (unpaired) electrons. The predicted molar refractivity (Wildman–Crippen MR) is 80.4 cm³/mol. The minimum Gasteiger partial charge on any atom is -0.390 e. The Morgan fingerprint density at radius 2 is 2.00 bits per heavy atom. The lowest BCUT2D eigenvalue weighted by atomic mass is 9.88. The SMILES string of the molecule is CCCCCS(=O)(=O)[C@]12[C@H](O)CS(=O)(=O)[C@H]1[C@H]1C=C[C@H]2C1. The lowest BCUT2D eigenvalue weighted by Crippen LogP contribution is -2.57. The molecule has 120 valence electrons. The molecule has 21 heavy (non-hydrogen) atoms. The van der Waals surface area contributed by atoms with Gasteiger partial charge in [0, 0.05) is 5.92 Å². The van der Waals surface area contributed by atoms with E-state index in [1.165, 1.54) is 0 Å². The summed E-state index contributed by atoms with van der Waals surface area (Å²) in [7, 11) is -7.22. The average Bonchev–Trinajstić information content (AvgIpc) is 3.01. The number of sulfone groups is 2. The Labute approximate surface area is 126 Å². The van der Waals surface area contributed by atoms with Gasteiger partial charge in [-0.05, 0) is 18.8 Å². The Kier molecular flexibility index (Phi) is 3.54. The van der Waals surface area contributed by atoms with Crippen LogP contribution in [0, 0.1) is 11.8 Å². The molecule has 5 nitrogen and oxygen atoms in total. The normalized spacial score (nSPS) is 43.3. The summed E-state index contributed by atoms with van der Waals surface area (Å²) in [5.41, 5.74) is 0. The van der Waals surface area contributed by atoms with Gasteiger partial charge in [-0.25, -0.2) is 16.8 Å². The van der Waals surface area contributed by atoms with Gasteiger partial charge < -0.3 is 5.11 Å². The van der Waals surface area contributed by atoms with Gasteiger partial charge in [0.25, 0.3) is 0 Å². The minimum atomic E-state index is -3.66. The molecule has 2 fully saturated rings. The van der Waals surface area contributed by atoms with Crippen molar-refractivity contribution in [3.63, 3.8) is 0 Å². The van der Waals surface area contributed by atoms with Gasteiger partial charge in [0.1, 0.15) is 4.75 Å². The topological polar surface area (TPSA) is 88.5 Å². The third kappa shape index (κ3) is 1.90. The van der Waals surface area contributed by atoms with Crippen molar-refractivity contribution in [3.8, 4) is 0 Å². The summed E-state index contributed by atoms with van der Waals surface area (Å²) in [4.78, 5) is 0. The molecule has 1 heterocycles. The second-order valence-electron chi connectivity index (χ2n) is 6.54. The van der Waals surface area contributed by atoms with Crippen LogP contribution in [-0.2, 0) is 19.7 Å². The minimum absolute atomic E-state index is 0.0268. The molecule has 1 saturated heterocycles. The molecule has 0 amide bonds. The Morgan fingerprint density at radius 1 is 1.29 bits per heavy atom. The van der Waals surface area contributed by atoms with Crippen molar-refractivity contribution >= 4 is 19.7 Å². The maximum Gasteiger partial charge on any atom is 0.160 e. The Hall–Kier alpha value is -0.400. The van der Waals surface area contributed by atoms with Crippen LogP contribution in [0.15, 0.2) is 12.2 Å². The number of hydrogen-bond acceptors (Lipinski definition) is 5. The van der Waals surface area contributed by atoms with Gasteiger partial charge in [-0.2, -0.15) is 0 Å². The number of rotatable bonds is 5. The maximum atomic E-state index is 12.9. The second-order valence-corrected chi connectivity index (χ2v) is 11.0. The van der Waals surface area contributed by atoms with Crippen LogP contribution in [0.4, 0.5) is 0 Å². The highest BCUT2D eigenvalue weighted by molar-refractivity contribution is 7.97. The van der Waals surface area contributed by atoms with Crippen LogP contribution in [0.3, 0.4) is 0 Å². The molecule has 0 aromatic heterocycles. The zero-order chi connectivity index (χ0) is 15.5. The van der Waals surface area contributed by atoms with E-state index < -0.39 is 41.5 Å². The molecule has 2 aliphatic carbocycles. The molecular formula is C14H22O5S2. The maximum absolute atomic E-state index is 12.9. The van der Waals surface area contributed by atoms with E-state index in [1.54, 1.807) is 0 Å². The van der Waals surface area contributed by atoms with Gasteiger partial charge in [0.15, 0.2) is 19.7 Å². The zero-order valence-electron chi connectivity index (χ0n) is 12.1. The lowest BCUT2D eigenvalue weighted by Gasteiger charge is -2.37. The first kappa shape index (κ1) is 15.5. The number of fused-ring (bicyclic) bond motifs is 5. The first-order chi connectivity index (χ1) is 9.77. The number of hydrogen-bond donors (Lipinski definition) is 1. The highest BCUT2D eigenvalue weighted by Gasteiger charge is 2.74. The van der Waals surface area contributed by atoms with Crippen molar-refractivity contribution in [3.05, 3.63) is 12.2 Å². The van der Waals surface area contributed by atoms with Crippen molar-refractivity contribution in [2.24, 2.45) is 11.8 Å². The standard InChI is InChI=1S/C14H22O5S2/c1-2-3-4-7-21(18,19)14-11-6-5-10(8-11)13(14)20(16,17)9-12(14)15/h5-6,10-13,15H,2-4,7-9H2,1H3/t10-,11-,12+,13-,14+/m0/s1. The smallest absolute Gasteiger partial charge is 0.160 e. The fourth-order valence-electron chi connectivity index (χ4n) is 4.60. The first-order valence-electron chi connectivity index (χ1n) is 7.57. The van der Waals surface area contributed by atoms with Crippen LogP contribution in [0.25, 0.3) is 0 Å². The van der Waals surface area contributed by atoms with Crippen LogP contribution >= 0.6 is 0 Å². The van der Waals surface area contributed by atoms with Crippen molar-refractivity contribution in [1.29, 1.82) is 0 Å². The van der Waals surface area contributed by atoms with Crippen LogP contribution in [0.5, 0.6) is 0 Å². The van der Waals surface area contributed by atoms with Crippen molar-refractivity contribution < 1.29 is 21.9 Å². The fourth-order valence-corrected chi connectivity index (χ4v) is 10.7. The second kappa shape index (κ2) is 4.80. The number of aliphatic hydroxyl groups excluding tert-OH is 1. The quantitative estimate of drug-likeness (QED) is 0.590. The molecule has 1 aliphatic heterocycles. The Bertz CT molecular complexity index is 663. The third-order valence-electron chi connectivity index (χ3n) is 5.38. The molecule has 1 N–H and O–H groups in total. The number of aliphatic hydroxyl groups is 1. The summed E-state index contributed by atoms with van der Waals surface area (Å²) >= 11 is 0. The number of unbranched alkanes of at least 4 members (excludes halogenated alkanes) is 2. The molecule has 0 spiro atoms. The van der Waals surface area contributed by atoms with E-state index in [4.69, 9.17) is 0 Å². The van der Waals surface area contributed by atoms with Gasteiger partial charge in [-0.15, -0.1) is 0 Å². The van der Waals surface area contributed by atoms with Gasteiger partial charge in [0.2, 0.25) is 0 Å². The van der Waals surface area contributed by atoms with Crippen LogP contribution in [0.2, 0.25) is 0 Å². The van der Waals surface area contributed by atoms with E-state index >= 15 is 0 Å². The lowest BCUT2D eigenvalue weighted by molar-refractivity contribution is 0.142. The average molecular weight is 334 g/mol. The molecule has 0 aromatic rings. The van der Waals surface area contributed by atoms with E-state index in [9.17, 15) is 21.9 Å². The van der Waals surface area contributed by atoms with E-state index in [-0.39, 0.29) is 17.6 Å². The molecule has 3 aliphatic rings. The summed E-state index contributed by atoms with van der Waals surface area (Å²) < 4.78 is 49.1. The highest BCUT2D eigenvalue weighted by atomic mass is 32.2. The van der Waals surface area contributed by atoms with Crippen LogP contribution in [0.1, 0.15) is 32.6 Å². The van der Waals surface area contributed by atoms with E-state index in [2.05, 4.69) is 0 Å². The van der Waals surface area contributed by atoms with Crippen LogP contribution < -0.4 is 0 Å². The zero-order valence-corrected chi connectivity index (χ0v) is 13.7. The largest absolute Gasteiger partial charge is 0.390 e. The molecule has 7 heteroatoms. The molecule has 1 saturated carbocycles. The predicted octanol–water partition coefficient (Wildman–Crippen LogP) is 0.694. The molecule has 3 rings (SSSR count). The van der Waals surface area contributed by atoms with Gasteiger partial charge in [-0.1, -0.05) is 31.9 Å². The van der Waals surface area contributed by atoms with Gasteiger partial charge >= 0.3 is 0 Å². The van der Waals surface area contributed by atoms with Crippen molar-refractivity contribution in [1.82, 2.24) is 0 Å². The highest BCUT2D eigenvalue weighted by Crippen LogP contribution is 2.59. The van der Waals surface area contributed by atoms with Crippen molar-refractivity contribution in [2.75, 3.05) is 11.5 Å². The van der Waals surface area contributed by atoms with E-state index in [0.717, 1.165) is 12.8 Å². The summed E-state index contributed by atoms with van der Waals surface area (Å²) in [5.74, 6) is -1.05. The summed E-state index contributed by atoms with van der Waals surface area (Å²) in [5, 5.41) is 9.46. The molecule has 0 unspecified atom stereocenters. The first-order valence-corrected chi connectivity index (χ1v) is 10.9. The third-order valence-corrected chi connectivity index (χ3v) is 10.6. The monoisotopic (exact) mass is 334 g/mol. The summed E-state index contributed by atoms with van der Waals surface area (Å²) in [6, 6.07) is 0. The molecule has 0 aromatic carbocycles. The summed E-state index contributed by atoms with van der Waals surface area (Å²) in [6.07, 6.45) is 5.10. The molecule has 2 bridgehead atoms. The van der Waals surface area contributed by atoms with Gasteiger partial charge in [-0.3, -0.25) is 0 Å². The molecule has 5 atom stereocenters. The van der Waals surface area contributed by atoms with Gasteiger partial charge in [0.05, 0.1) is 22.9 Å². The summed E-state index contributed by atoms with van der Waals surface area (Å²) in [6.45, 7) is 1.99. The number of allylic oxidation sites excluding steroid dienone is 2. The van der Waals surface area contributed by atoms with Crippen molar-refractivity contribution in [2.45, 2.75) is 48.7 Å². The Morgan fingerprint density at radius 3 is 2.67 bits per heavy atom. The van der Waals surface area contributed by atoms with Crippen LogP contribution in [-0.4, -0.2) is 49.5 Å².